The van der Waals surface area contributed by atoms with E-state index in [1.807, 2.05) is 23.1 Å². The fraction of sp³-hybridized carbons (Fsp3) is 0.500. The molecule has 1 saturated carbocycles. The molecule has 1 amide bonds. The summed E-state index contributed by atoms with van der Waals surface area (Å²) in [4.78, 5) is 27.6. The fourth-order valence-electron chi connectivity index (χ4n) is 5.31. The number of rotatable bonds is 8. The number of amides is 1. The van der Waals surface area contributed by atoms with Crippen LogP contribution < -0.4 is 10.2 Å². The van der Waals surface area contributed by atoms with Crippen molar-refractivity contribution in [3.63, 3.8) is 0 Å². The summed E-state index contributed by atoms with van der Waals surface area (Å²) in [6, 6.07) is 15.1. The predicted octanol–water partition coefficient (Wildman–Crippen LogP) is 5.25. The molecule has 1 fully saturated rings. The smallest absolute Gasteiger partial charge is 0.320 e. The van der Waals surface area contributed by atoms with Crippen LogP contribution in [0.2, 0.25) is 0 Å². The van der Waals surface area contributed by atoms with E-state index in [9.17, 15) is 14.7 Å². The molecule has 0 spiro atoms. The maximum Gasteiger partial charge on any atom is 0.320 e. The molecule has 5 nitrogen and oxygen atoms in total. The minimum atomic E-state index is -0.856. The van der Waals surface area contributed by atoms with Crippen molar-refractivity contribution in [3.05, 3.63) is 65.2 Å². The molecule has 2 atom stereocenters. The van der Waals surface area contributed by atoms with Crippen LogP contribution in [0.3, 0.4) is 0 Å². The predicted molar refractivity (Wildman–Crippen MR) is 131 cm³/mol. The van der Waals surface area contributed by atoms with Gasteiger partial charge in [0.25, 0.3) is 0 Å². The van der Waals surface area contributed by atoms with Crippen molar-refractivity contribution in [2.24, 2.45) is 5.92 Å². The summed E-state index contributed by atoms with van der Waals surface area (Å²) >= 11 is 0. The number of nitrogens with zero attached hydrogens (tertiary/aromatic N) is 1. The maximum absolute atomic E-state index is 13.7. The molecule has 1 aliphatic heterocycles. The van der Waals surface area contributed by atoms with Gasteiger partial charge in [-0.2, -0.15) is 0 Å². The van der Waals surface area contributed by atoms with Crippen LogP contribution in [0.4, 0.5) is 5.69 Å². The quantitative estimate of drug-likeness (QED) is 0.579. The minimum Gasteiger partial charge on any atom is -0.480 e. The lowest BCUT2D eigenvalue weighted by molar-refractivity contribution is -0.140. The van der Waals surface area contributed by atoms with Gasteiger partial charge in [-0.05, 0) is 55.7 Å². The zero-order valence-electron chi connectivity index (χ0n) is 19.6. The van der Waals surface area contributed by atoms with Gasteiger partial charge in [-0.25, -0.2) is 0 Å². The van der Waals surface area contributed by atoms with Gasteiger partial charge in [-0.3, -0.25) is 14.9 Å². The second-order valence-electron chi connectivity index (χ2n) is 9.77. The van der Waals surface area contributed by atoms with Crippen molar-refractivity contribution in [3.8, 4) is 0 Å². The molecule has 2 aromatic rings. The molecular formula is C28H36N2O3. The summed E-state index contributed by atoms with van der Waals surface area (Å²) in [5, 5.41) is 13.2. The highest BCUT2D eigenvalue weighted by atomic mass is 16.4. The largest absolute Gasteiger partial charge is 0.480 e. The van der Waals surface area contributed by atoms with E-state index in [0.717, 1.165) is 29.7 Å². The van der Waals surface area contributed by atoms with E-state index in [1.54, 1.807) is 0 Å². The highest BCUT2D eigenvalue weighted by molar-refractivity contribution is 5.98. The lowest BCUT2D eigenvalue weighted by Crippen LogP contribution is -2.51. The van der Waals surface area contributed by atoms with Gasteiger partial charge >= 0.3 is 5.97 Å². The minimum absolute atomic E-state index is 0.0376. The van der Waals surface area contributed by atoms with Gasteiger partial charge in [-0.1, -0.05) is 80.1 Å². The molecule has 1 heterocycles. The molecule has 2 unspecified atom stereocenters. The van der Waals surface area contributed by atoms with Gasteiger partial charge < -0.3 is 10.0 Å². The van der Waals surface area contributed by atoms with Crippen LogP contribution in [0.5, 0.6) is 0 Å². The Kier molecular flexibility index (Phi) is 7.81. The molecule has 0 bridgehead atoms. The third kappa shape index (κ3) is 6.02. The lowest BCUT2D eigenvalue weighted by Gasteiger charge is -2.29. The first kappa shape index (κ1) is 23.5. The first-order valence-corrected chi connectivity index (χ1v) is 12.4. The Bertz CT molecular complexity index is 950. The molecule has 0 saturated heterocycles. The summed E-state index contributed by atoms with van der Waals surface area (Å²) in [6.07, 6.45) is 9.05. The summed E-state index contributed by atoms with van der Waals surface area (Å²) in [5.74, 6) is -0.274. The Balaban J connectivity index is 1.51. The third-order valence-electron chi connectivity index (χ3n) is 7.30. The zero-order valence-corrected chi connectivity index (χ0v) is 19.6. The molecule has 4 rings (SSSR count). The van der Waals surface area contributed by atoms with Crippen molar-refractivity contribution < 1.29 is 14.7 Å². The van der Waals surface area contributed by atoms with Gasteiger partial charge in [0.15, 0.2) is 0 Å². The van der Waals surface area contributed by atoms with Gasteiger partial charge in [0, 0.05) is 5.69 Å². The second-order valence-corrected chi connectivity index (χ2v) is 9.77. The number of carbonyl (C=O) groups is 2. The SMILES string of the molecule is Cc1ccc(CN2C(=O)C(NC(CCC3CCCCC3)C(=O)O)CCc3ccccc32)cc1. The lowest BCUT2D eigenvalue weighted by atomic mass is 9.85. The van der Waals surface area contributed by atoms with Gasteiger partial charge in [0.2, 0.25) is 5.91 Å². The molecule has 0 aromatic heterocycles. The number of nitrogens with one attached hydrogen (secondary N) is 1. The van der Waals surface area contributed by atoms with Crippen LogP contribution >= 0.6 is 0 Å². The highest BCUT2D eigenvalue weighted by Gasteiger charge is 2.33. The topological polar surface area (TPSA) is 69.6 Å². The van der Waals surface area contributed by atoms with E-state index in [0.29, 0.717) is 25.3 Å². The number of aryl methyl sites for hydroxylation is 2. The van der Waals surface area contributed by atoms with E-state index < -0.39 is 18.1 Å². The summed E-state index contributed by atoms with van der Waals surface area (Å²) in [7, 11) is 0. The van der Waals surface area contributed by atoms with E-state index in [-0.39, 0.29) is 5.91 Å². The Hall–Kier alpha value is -2.66. The summed E-state index contributed by atoms with van der Waals surface area (Å²) < 4.78 is 0. The number of hydrogen-bond acceptors (Lipinski definition) is 3. The van der Waals surface area contributed by atoms with Crippen LogP contribution in [-0.2, 0) is 22.6 Å². The number of fused-ring (bicyclic) bond motifs is 1. The summed E-state index contributed by atoms with van der Waals surface area (Å²) in [6.45, 7) is 2.53. The van der Waals surface area contributed by atoms with Crippen molar-refractivity contribution in [1.82, 2.24) is 5.32 Å². The Morgan fingerprint density at radius 3 is 2.52 bits per heavy atom. The monoisotopic (exact) mass is 448 g/mol. The molecule has 1 aliphatic carbocycles. The van der Waals surface area contributed by atoms with Crippen LogP contribution in [0.25, 0.3) is 0 Å². The highest BCUT2D eigenvalue weighted by Crippen LogP contribution is 2.30. The molecule has 2 aromatic carbocycles. The number of carbonyl (C=O) groups excluding carboxylic acids is 1. The van der Waals surface area contributed by atoms with Crippen LogP contribution in [0.15, 0.2) is 48.5 Å². The van der Waals surface area contributed by atoms with Crippen LogP contribution in [0, 0.1) is 12.8 Å². The van der Waals surface area contributed by atoms with E-state index in [1.165, 1.54) is 37.7 Å². The van der Waals surface area contributed by atoms with Gasteiger partial charge in [-0.15, -0.1) is 0 Å². The molecule has 2 aliphatic rings. The fourth-order valence-corrected chi connectivity index (χ4v) is 5.31. The van der Waals surface area contributed by atoms with Gasteiger partial charge in [0.05, 0.1) is 12.6 Å². The molecule has 5 heteroatoms. The third-order valence-corrected chi connectivity index (χ3v) is 7.30. The van der Waals surface area contributed by atoms with Crippen molar-refractivity contribution in [2.75, 3.05) is 4.90 Å². The molecular weight excluding hydrogens is 412 g/mol. The molecule has 33 heavy (non-hydrogen) atoms. The molecule has 176 valence electrons. The maximum atomic E-state index is 13.7. The van der Waals surface area contributed by atoms with Crippen molar-refractivity contribution >= 4 is 17.6 Å². The Labute approximate surface area is 197 Å². The second kappa shape index (κ2) is 11.0. The van der Waals surface area contributed by atoms with Crippen LogP contribution in [-0.4, -0.2) is 29.1 Å². The molecule has 2 N–H and O–H groups in total. The van der Waals surface area contributed by atoms with Crippen molar-refractivity contribution in [2.45, 2.75) is 83.3 Å². The first-order chi connectivity index (χ1) is 16.0. The number of para-hydroxylation sites is 1. The number of carboxylic acids is 1. The van der Waals surface area contributed by atoms with Crippen molar-refractivity contribution in [1.29, 1.82) is 0 Å². The average molecular weight is 449 g/mol. The number of anilines is 1. The first-order valence-electron chi connectivity index (χ1n) is 12.4. The van der Waals surface area contributed by atoms with Crippen LogP contribution in [0.1, 0.15) is 68.1 Å². The summed E-state index contributed by atoms with van der Waals surface area (Å²) in [5.41, 5.74) is 4.32. The standard InChI is InChI=1S/C28H36N2O3/c1-20-11-13-22(14-12-20)19-30-26-10-6-5-9-23(26)16-18-24(27(30)31)29-25(28(32)33)17-15-21-7-3-2-4-8-21/h5-6,9-14,21,24-25,29H,2-4,7-8,15-19H2,1H3,(H,32,33). The normalized spacial score (nSPS) is 20.2. The number of benzene rings is 2. The van der Waals surface area contributed by atoms with E-state index in [2.05, 4.69) is 42.6 Å². The number of hydrogen-bond donors (Lipinski definition) is 2. The average Bonchev–Trinajstić information content (AvgIpc) is 2.95. The van der Waals surface area contributed by atoms with E-state index >= 15 is 0 Å². The van der Waals surface area contributed by atoms with E-state index in [4.69, 9.17) is 0 Å². The van der Waals surface area contributed by atoms with Gasteiger partial charge in [0.1, 0.15) is 6.04 Å². The number of carboxylic acid groups (broad SMARTS) is 1. The zero-order chi connectivity index (χ0) is 23.2. The Morgan fingerprint density at radius 1 is 1.06 bits per heavy atom. The molecule has 0 radical (unpaired) electrons. The Morgan fingerprint density at radius 2 is 1.79 bits per heavy atom. The number of aliphatic carboxylic acids is 1.